The van der Waals surface area contributed by atoms with Crippen molar-refractivity contribution < 1.29 is 28.2 Å². The molecule has 6 rings (SSSR count). The Labute approximate surface area is 246 Å². The molecule has 0 bridgehead atoms. The summed E-state index contributed by atoms with van der Waals surface area (Å²) in [7, 11) is 0. The summed E-state index contributed by atoms with van der Waals surface area (Å²) in [4.78, 5) is 19.6. The lowest BCUT2D eigenvalue weighted by molar-refractivity contribution is 0.0697. The zero-order chi connectivity index (χ0) is 29.9. The summed E-state index contributed by atoms with van der Waals surface area (Å²) in [6.45, 7) is 8.20. The number of imidazole rings is 1. The van der Waals surface area contributed by atoms with E-state index in [4.69, 9.17) is 21.0 Å². The van der Waals surface area contributed by atoms with Gasteiger partial charge in [0.2, 0.25) is 0 Å². The van der Waals surface area contributed by atoms with Crippen molar-refractivity contribution >= 4 is 22.7 Å². The third-order valence-electron chi connectivity index (χ3n) is 7.59. The fourth-order valence-corrected chi connectivity index (χ4v) is 5.36. The minimum Gasteiger partial charge on any atom is -0.489 e. The molecule has 5 aromatic rings. The first-order valence-electron chi connectivity index (χ1n) is 13.9. The highest BCUT2D eigenvalue weighted by Crippen LogP contribution is 2.29. The molecule has 0 unspecified atom stereocenters. The van der Waals surface area contributed by atoms with Gasteiger partial charge in [-0.05, 0) is 66.4 Å². The van der Waals surface area contributed by atoms with Crippen LogP contribution in [0.3, 0.4) is 0 Å². The Balaban J connectivity index is 1.23. The van der Waals surface area contributed by atoms with Crippen molar-refractivity contribution in [2.45, 2.75) is 38.5 Å². The fourth-order valence-electron chi connectivity index (χ4n) is 5.36. The molecular weight excluding hydrogens is 552 g/mol. The van der Waals surface area contributed by atoms with Gasteiger partial charge in [0.1, 0.15) is 29.8 Å². The van der Waals surface area contributed by atoms with Crippen LogP contribution < -0.4 is 4.74 Å². The lowest BCUT2D eigenvalue weighted by atomic mass is 10.0. The summed E-state index contributed by atoms with van der Waals surface area (Å²) >= 11 is 0. The molecule has 0 radical (unpaired) electrons. The number of hydrogen-bond donors (Lipinski definition) is 1. The van der Waals surface area contributed by atoms with Crippen LogP contribution in [0.15, 0.2) is 78.9 Å². The molecule has 1 aliphatic heterocycles. The van der Waals surface area contributed by atoms with E-state index in [1.54, 1.807) is 42.5 Å². The summed E-state index contributed by atoms with van der Waals surface area (Å²) in [5.74, 6) is -0.781. The van der Waals surface area contributed by atoms with Gasteiger partial charge in [-0.1, -0.05) is 36.4 Å². The van der Waals surface area contributed by atoms with Crippen LogP contribution in [0.25, 0.3) is 27.0 Å². The van der Waals surface area contributed by atoms with E-state index in [9.17, 15) is 14.3 Å². The number of benzene rings is 4. The number of aromatic carboxylic acids is 1. The van der Waals surface area contributed by atoms with Gasteiger partial charge in [-0.15, -0.1) is 0 Å². The molecule has 0 spiro atoms. The molecule has 0 aliphatic carbocycles. The molecule has 7 nitrogen and oxygen atoms in total. The molecule has 1 N–H and O–H groups in total. The molecular formula is C34H27F2N3O4. The molecule has 1 saturated heterocycles. The van der Waals surface area contributed by atoms with Crippen LogP contribution in [-0.2, 0) is 24.3 Å². The zero-order valence-corrected chi connectivity index (χ0v) is 23.1. The molecule has 4 aromatic carbocycles. The van der Waals surface area contributed by atoms with Crippen LogP contribution in [0, 0.1) is 18.2 Å². The van der Waals surface area contributed by atoms with Crippen molar-refractivity contribution in [3.63, 3.8) is 0 Å². The van der Waals surface area contributed by atoms with Crippen molar-refractivity contribution in [1.29, 1.82) is 0 Å². The standard InChI is InChI=1S/C34H27F2N3O4/c1-37-25-10-8-24(29(35)18-25)20-43-26-5-2-4-22(16-26)28-11-7-21(14-30(28)36)15-33-38-31-12-9-23(34(40)41)17-32(31)39(33)19-27-6-3-13-42-27/h2,4-5,7-12,14,16-18,27H,3,6,13,15,19-20H2,(H,40,41)/t27-/m1/s1. The zero-order valence-electron chi connectivity index (χ0n) is 23.1. The van der Waals surface area contributed by atoms with Crippen LogP contribution in [0.1, 0.15) is 40.2 Å². The van der Waals surface area contributed by atoms with E-state index >= 15 is 4.39 Å². The van der Waals surface area contributed by atoms with E-state index in [0.29, 0.717) is 64.4 Å². The second kappa shape index (κ2) is 12.0. The van der Waals surface area contributed by atoms with Gasteiger partial charge in [0.15, 0.2) is 5.69 Å². The van der Waals surface area contributed by atoms with Gasteiger partial charge >= 0.3 is 5.97 Å². The SMILES string of the molecule is [C-]#[N+]c1ccc(COc2cccc(-c3ccc(Cc4nc5ccc(C(=O)O)cc5n4C[C@H]4CCCO4)cc3F)c2)c(F)c1. The fraction of sp³-hybridized carbons (Fsp3) is 0.206. The van der Waals surface area contributed by atoms with E-state index in [1.807, 2.05) is 10.6 Å². The average Bonchev–Trinajstić information content (AvgIpc) is 3.64. The number of halogens is 2. The maximum Gasteiger partial charge on any atom is 0.335 e. The lowest BCUT2D eigenvalue weighted by Gasteiger charge is -2.15. The van der Waals surface area contributed by atoms with Gasteiger partial charge in [0, 0.05) is 24.2 Å². The van der Waals surface area contributed by atoms with Gasteiger partial charge in [-0.2, -0.15) is 0 Å². The van der Waals surface area contributed by atoms with E-state index in [1.165, 1.54) is 30.3 Å². The quantitative estimate of drug-likeness (QED) is 0.182. The number of carboxylic acids is 1. The molecule has 2 heterocycles. The van der Waals surface area contributed by atoms with E-state index < -0.39 is 17.6 Å². The second-order valence-electron chi connectivity index (χ2n) is 10.5. The van der Waals surface area contributed by atoms with Crippen molar-refractivity contribution in [3.05, 3.63) is 124 Å². The van der Waals surface area contributed by atoms with Crippen LogP contribution >= 0.6 is 0 Å². The summed E-state index contributed by atoms with van der Waals surface area (Å²) < 4.78 is 43.4. The monoisotopic (exact) mass is 579 g/mol. The third kappa shape index (κ3) is 6.10. The number of carboxylic acid groups (broad SMARTS) is 1. The van der Waals surface area contributed by atoms with Crippen molar-refractivity contribution in [2.75, 3.05) is 6.61 Å². The Hall–Kier alpha value is -5.07. The predicted molar refractivity (Wildman–Crippen MR) is 157 cm³/mol. The Morgan fingerprint density at radius 3 is 2.70 bits per heavy atom. The first kappa shape index (κ1) is 28.1. The number of aromatic nitrogens is 2. The van der Waals surface area contributed by atoms with Crippen LogP contribution in [0.2, 0.25) is 0 Å². The first-order chi connectivity index (χ1) is 20.9. The lowest BCUT2D eigenvalue weighted by Crippen LogP contribution is -2.17. The van der Waals surface area contributed by atoms with Gasteiger partial charge in [-0.25, -0.2) is 23.4 Å². The first-order valence-corrected chi connectivity index (χ1v) is 13.9. The molecule has 0 saturated carbocycles. The van der Waals surface area contributed by atoms with Crippen molar-refractivity contribution in [2.24, 2.45) is 0 Å². The molecule has 43 heavy (non-hydrogen) atoms. The van der Waals surface area contributed by atoms with E-state index in [0.717, 1.165) is 12.8 Å². The smallest absolute Gasteiger partial charge is 0.335 e. The Morgan fingerprint density at radius 1 is 1.07 bits per heavy atom. The topological polar surface area (TPSA) is 77.9 Å². The average molecular weight is 580 g/mol. The number of nitrogens with zero attached hydrogens (tertiary/aromatic N) is 3. The van der Waals surface area contributed by atoms with Gasteiger partial charge in [-0.3, -0.25) is 0 Å². The van der Waals surface area contributed by atoms with Gasteiger partial charge in [0.25, 0.3) is 0 Å². The number of ether oxygens (including phenoxy) is 2. The third-order valence-corrected chi connectivity index (χ3v) is 7.59. The predicted octanol–water partition coefficient (Wildman–Crippen LogP) is 7.58. The Bertz CT molecular complexity index is 1870. The van der Waals surface area contributed by atoms with Crippen LogP contribution in [-0.4, -0.2) is 33.3 Å². The molecule has 1 aromatic heterocycles. The van der Waals surface area contributed by atoms with Crippen LogP contribution in [0.4, 0.5) is 14.5 Å². The number of hydrogen-bond acceptors (Lipinski definition) is 4. The minimum atomic E-state index is -1.01. The van der Waals surface area contributed by atoms with Gasteiger partial charge < -0.3 is 19.1 Å². The largest absolute Gasteiger partial charge is 0.489 e. The molecule has 1 atom stereocenters. The van der Waals surface area contributed by atoms with E-state index in [2.05, 4.69) is 4.85 Å². The number of carbonyl (C=O) groups is 1. The Morgan fingerprint density at radius 2 is 1.95 bits per heavy atom. The molecule has 0 amide bonds. The summed E-state index contributed by atoms with van der Waals surface area (Å²) in [6, 6.07) is 21.1. The maximum atomic E-state index is 15.5. The highest BCUT2D eigenvalue weighted by atomic mass is 19.1. The molecule has 216 valence electrons. The second-order valence-corrected chi connectivity index (χ2v) is 10.5. The summed E-state index contributed by atoms with van der Waals surface area (Å²) in [5, 5.41) is 9.51. The Kier molecular flexibility index (Phi) is 7.86. The molecule has 9 heteroatoms. The van der Waals surface area contributed by atoms with Crippen molar-refractivity contribution in [1.82, 2.24) is 9.55 Å². The number of rotatable bonds is 9. The van der Waals surface area contributed by atoms with E-state index in [-0.39, 0.29) is 24.0 Å². The molecule has 1 aliphatic rings. The highest BCUT2D eigenvalue weighted by molar-refractivity contribution is 5.92. The normalized spacial score (nSPS) is 14.6. The summed E-state index contributed by atoms with van der Waals surface area (Å²) in [6.07, 6.45) is 2.24. The summed E-state index contributed by atoms with van der Waals surface area (Å²) in [5.41, 5.74) is 3.81. The van der Waals surface area contributed by atoms with Crippen molar-refractivity contribution in [3.8, 4) is 16.9 Å². The number of fused-ring (bicyclic) bond motifs is 1. The van der Waals surface area contributed by atoms with Crippen LogP contribution in [0.5, 0.6) is 5.75 Å². The highest BCUT2D eigenvalue weighted by Gasteiger charge is 2.21. The molecule has 1 fully saturated rings. The van der Waals surface area contributed by atoms with Gasteiger partial charge in [0.05, 0.1) is 35.8 Å². The minimum absolute atomic E-state index is 0.00727. The maximum absolute atomic E-state index is 15.5.